The first-order valence-electron chi connectivity index (χ1n) is 6.69. The van der Waals surface area contributed by atoms with Crippen LogP contribution in [0.25, 0.3) is 0 Å². The molecule has 0 heterocycles. The van der Waals surface area contributed by atoms with Gasteiger partial charge in [-0.2, -0.15) is 0 Å². The van der Waals surface area contributed by atoms with Gasteiger partial charge in [0.1, 0.15) is 11.6 Å². The predicted molar refractivity (Wildman–Crippen MR) is 86.4 cm³/mol. The molecule has 0 radical (unpaired) electrons. The molecule has 2 rings (SSSR count). The summed E-state index contributed by atoms with van der Waals surface area (Å²) in [6.07, 6.45) is 0. The molecule has 0 fully saturated rings. The lowest BCUT2D eigenvalue weighted by Gasteiger charge is -2.09. The van der Waals surface area contributed by atoms with Gasteiger partial charge in [-0.3, -0.25) is 9.59 Å². The summed E-state index contributed by atoms with van der Waals surface area (Å²) in [6, 6.07) is 10.4. The van der Waals surface area contributed by atoms with Crippen LogP contribution in [0.3, 0.4) is 0 Å². The minimum atomic E-state index is -0.532. The van der Waals surface area contributed by atoms with E-state index in [0.29, 0.717) is 21.3 Å². The molecular formula is C16H14BrFN2O3. The maximum Gasteiger partial charge on any atom is 0.258 e. The third-order valence-electron chi connectivity index (χ3n) is 2.99. The minimum Gasteiger partial charge on any atom is -0.484 e. The molecule has 0 unspecified atom stereocenters. The Bertz CT molecular complexity index is 720. The molecule has 0 saturated carbocycles. The fraction of sp³-hybridized carbons (Fsp3) is 0.125. The molecule has 0 atom stereocenters. The van der Waals surface area contributed by atoms with Crippen molar-refractivity contribution >= 4 is 27.7 Å². The normalized spacial score (nSPS) is 10.2. The van der Waals surface area contributed by atoms with E-state index in [-0.39, 0.29) is 24.9 Å². The Morgan fingerprint density at radius 2 is 1.87 bits per heavy atom. The van der Waals surface area contributed by atoms with Gasteiger partial charge >= 0.3 is 0 Å². The van der Waals surface area contributed by atoms with E-state index in [2.05, 4.69) is 21.2 Å². The predicted octanol–water partition coefficient (Wildman–Crippen LogP) is 2.38. The Morgan fingerprint density at radius 1 is 1.17 bits per heavy atom. The number of nitrogens with two attached hydrogens (primary N) is 1. The lowest BCUT2D eigenvalue weighted by molar-refractivity contribution is -0.123. The number of carbonyl (C=O) groups is 2. The summed E-state index contributed by atoms with van der Waals surface area (Å²) in [7, 11) is 0. The number of amides is 2. The SMILES string of the molecule is NC(=O)c1ccc(OCC(=O)NCc2cc(F)ccc2Br)cc1. The summed E-state index contributed by atoms with van der Waals surface area (Å²) in [5.74, 6) is -0.810. The summed E-state index contributed by atoms with van der Waals surface area (Å²) in [5, 5.41) is 2.63. The number of primary amides is 1. The van der Waals surface area contributed by atoms with Gasteiger partial charge in [0.25, 0.3) is 5.91 Å². The molecule has 120 valence electrons. The highest BCUT2D eigenvalue weighted by atomic mass is 79.9. The third kappa shape index (κ3) is 5.07. The van der Waals surface area contributed by atoms with Crippen molar-refractivity contribution in [2.75, 3.05) is 6.61 Å². The summed E-state index contributed by atoms with van der Waals surface area (Å²) in [4.78, 5) is 22.7. The van der Waals surface area contributed by atoms with Gasteiger partial charge in [0.05, 0.1) is 0 Å². The number of benzene rings is 2. The number of rotatable bonds is 6. The molecule has 23 heavy (non-hydrogen) atoms. The van der Waals surface area contributed by atoms with Gasteiger partial charge in [0, 0.05) is 16.6 Å². The van der Waals surface area contributed by atoms with Gasteiger partial charge in [-0.05, 0) is 48.0 Å². The van der Waals surface area contributed by atoms with E-state index in [4.69, 9.17) is 10.5 Å². The number of hydrogen-bond acceptors (Lipinski definition) is 3. The van der Waals surface area contributed by atoms with E-state index in [1.54, 1.807) is 18.2 Å². The van der Waals surface area contributed by atoms with Crippen LogP contribution in [0.1, 0.15) is 15.9 Å². The van der Waals surface area contributed by atoms with Crippen molar-refractivity contribution in [3.63, 3.8) is 0 Å². The smallest absolute Gasteiger partial charge is 0.258 e. The van der Waals surface area contributed by atoms with Crippen LogP contribution in [0.4, 0.5) is 4.39 Å². The van der Waals surface area contributed by atoms with Crippen LogP contribution in [0.2, 0.25) is 0 Å². The molecule has 0 saturated heterocycles. The molecular weight excluding hydrogens is 367 g/mol. The van der Waals surface area contributed by atoms with Crippen molar-refractivity contribution < 1.29 is 18.7 Å². The number of halogens is 2. The molecule has 7 heteroatoms. The Hall–Kier alpha value is -2.41. The van der Waals surface area contributed by atoms with E-state index in [0.717, 1.165) is 0 Å². The summed E-state index contributed by atoms with van der Waals surface area (Å²) in [6.45, 7) is -0.00992. The Labute approximate surface area is 140 Å². The van der Waals surface area contributed by atoms with Gasteiger partial charge in [0.2, 0.25) is 5.91 Å². The maximum atomic E-state index is 13.1. The Kier molecular flexibility index (Phi) is 5.70. The molecule has 0 spiro atoms. The van der Waals surface area contributed by atoms with E-state index >= 15 is 0 Å². The molecule has 5 nitrogen and oxygen atoms in total. The lowest BCUT2D eigenvalue weighted by atomic mass is 10.2. The van der Waals surface area contributed by atoms with E-state index in [1.165, 1.54) is 24.3 Å². The molecule has 0 aromatic heterocycles. The van der Waals surface area contributed by atoms with Crippen molar-refractivity contribution in [2.24, 2.45) is 5.73 Å². The van der Waals surface area contributed by atoms with Crippen LogP contribution in [0, 0.1) is 5.82 Å². The van der Waals surface area contributed by atoms with Crippen molar-refractivity contribution in [3.05, 3.63) is 63.9 Å². The van der Waals surface area contributed by atoms with Crippen molar-refractivity contribution in [2.45, 2.75) is 6.54 Å². The van der Waals surface area contributed by atoms with Crippen LogP contribution in [0.15, 0.2) is 46.9 Å². The monoisotopic (exact) mass is 380 g/mol. The average molecular weight is 381 g/mol. The summed E-state index contributed by atoms with van der Waals surface area (Å²) < 4.78 is 19.1. The van der Waals surface area contributed by atoms with E-state index < -0.39 is 5.91 Å². The second kappa shape index (κ2) is 7.73. The highest BCUT2D eigenvalue weighted by Crippen LogP contribution is 2.17. The van der Waals surface area contributed by atoms with Gasteiger partial charge in [-0.25, -0.2) is 4.39 Å². The van der Waals surface area contributed by atoms with Crippen molar-refractivity contribution in [1.82, 2.24) is 5.32 Å². The van der Waals surface area contributed by atoms with Gasteiger partial charge < -0.3 is 15.8 Å². The fourth-order valence-electron chi connectivity index (χ4n) is 1.79. The van der Waals surface area contributed by atoms with Crippen LogP contribution in [0.5, 0.6) is 5.75 Å². The Morgan fingerprint density at radius 3 is 2.52 bits per heavy atom. The fourth-order valence-corrected chi connectivity index (χ4v) is 2.17. The molecule has 2 aromatic carbocycles. The largest absolute Gasteiger partial charge is 0.484 e. The first-order chi connectivity index (χ1) is 11.0. The first-order valence-corrected chi connectivity index (χ1v) is 7.48. The zero-order valence-electron chi connectivity index (χ0n) is 12.0. The minimum absolute atomic E-state index is 0.182. The van der Waals surface area contributed by atoms with Crippen molar-refractivity contribution in [3.8, 4) is 5.75 Å². The van der Waals surface area contributed by atoms with Crippen LogP contribution in [-0.4, -0.2) is 18.4 Å². The number of nitrogens with one attached hydrogen (secondary N) is 1. The second-order valence-electron chi connectivity index (χ2n) is 4.69. The van der Waals surface area contributed by atoms with Gasteiger partial charge in [-0.15, -0.1) is 0 Å². The zero-order valence-corrected chi connectivity index (χ0v) is 13.6. The van der Waals surface area contributed by atoms with E-state index in [9.17, 15) is 14.0 Å². The molecule has 0 aliphatic rings. The molecule has 3 N–H and O–H groups in total. The highest BCUT2D eigenvalue weighted by Gasteiger charge is 2.07. The van der Waals surface area contributed by atoms with Crippen LogP contribution >= 0.6 is 15.9 Å². The quantitative estimate of drug-likeness (QED) is 0.806. The molecule has 0 bridgehead atoms. The highest BCUT2D eigenvalue weighted by molar-refractivity contribution is 9.10. The van der Waals surface area contributed by atoms with Crippen LogP contribution in [-0.2, 0) is 11.3 Å². The molecule has 0 aliphatic heterocycles. The lowest BCUT2D eigenvalue weighted by Crippen LogP contribution is -2.28. The van der Waals surface area contributed by atoms with Crippen molar-refractivity contribution in [1.29, 1.82) is 0 Å². The standard InChI is InChI=1S/C16H14BrFN2O3/c17-14-6-3-12(18)7-11(14)8-20-15(21)9-23-13-4-1-10(2-5-13)16(19)22/h1-7H,8-9H2,(H2,19,22)(H,20,21). The second-order valence-corrected chi connectivity index (χ2v) is 5.54. The van der Waals surface area contributed by atoms with Crippen LogP contribution < -0.4 is 15.8 Å². The van der Waals surface area contributed by atoms with Gasteiger partial charge in [0.15, 0.2) is 6.61 Å². The topological polar surface area (TPSA) is 81.4 Å². The number of carbonyl (C=O) groups excluding carboxylic acids is 2. The third-order valence-corrected chi connectivity index (χ3v) is 3.77. The average Bonchev–Trinajstić information content (AvgIpc) is 2.54. The summed E-state index contributed by atoms with van der Waals surface area (Å²) in [5.41, 5.74) is 6.12. The number of hydrogen-bond donors (Lipinski definition) is 2. The van der Waals surface area contributed by atoms with Gasteiger partial charge in [-0.1, -0.05) is 15.9 Å². The molecule has 2 aromatic rings. The Balaban J connectivity index is 1.83. The number of ether oxygens (including phenoxy) is 1. The summed E-state index contributed by atoms with van der Waals surface area (Å²) >= 11 is 3.29. The zero-order chi connectivity index (χ0) is 16.8. The van der Waals surface area contributed by atoms with E-state index in [1.807, 2.05) is 0 Å². The molecule has 0 aliphatic carbocycles. The molecule has 2 amide bonds. The first kappa shape index (κ1) is 17.0. The maximum absolute atomic E-state index is 13.1.